The van der Waals surface area contributed by atoms with Gasteiger partial charge in [0.2, 0.25) is 0 Å². The highest BCUT2D eigenvalue weighted by Gasteiger charge is 2.24. The summed E-state index contributed by atoms with van der Waals surface area (Å²) in [6, 6.07) is 9.74. The number of aromatic nitrogens is 2. The van der Waals surface area contributed by atoms with Gasteiger partial charge in [0, 0.05) is 12.2 Å². The first-order valence-electron chi connectivity index (χ1n) is 6.72. The fourth-order valence-corrected chi connectivity index (χ4v) is 1.82. The number of carbonyl (C=O) groups excluding carboxylic acids is 1. The molecule has 1 saturated carbocycles. The summed E-state index contributed by atoms with van der Waals surface area (Å²) in [5, 5.41) is 6.14. The third-order valence-electron chi connectivity index (χ3n) is 3.11. The minimum atomic E-state index is -0.0937. The Labute approximate surface area is 117 Å². The molecule has 0 aromatic carbocycles. The van der Waals surface area contributed by atoms with Crippen LogP contribution in [0.25, 0.3) is 0 Å². The van der Waals surface area contributed by atoms with Crippen molar-refractivity contribution in [2.45, 2.75) is 25.4 Å². The lowest BCUT2D eigenvalue weighted by atomic mass is 10.3. The summed E-state index contributed by atoms with van der Waals surface area (Å²) < 4.78 is 0. The van der Waals surface area contributed by atoms with Gasteiger partial charge < -0.3 is 10.6 Å². The number of pyridine rings is 2. The van der Waals surface area contributed by atoms with Gasteiger partial charge in [-0.1, -0.05) is 6.07 Å². The Morgan fingerprint density at radius 3 is 2.75 bits per heavy atom. The van der Waals surface area contributed by atoms with E-state index in [2.05, 4.69) is 20.6 Å². The minimum Gasteiger partial charge on any atom is -0.378 e. The summed E-state index contributed by atoms with van der Waals surface area (Å²) in [6.07, 6.45) is 5.59. The maximum Gasteiger partial charge on any atom is 0.270 e. The fraction of sp³-hybridized carbons (Fsp3) is 0.267. The monoisotopic (exact) mass is 268 g/mol. The highest BCUT2D eigenvalue weighted by molar-refractivity contribution is 5.92. The number of nitrogens with one attached hydrogen (secondary N) is 2. The van der Waals surface area contributed by atoms with Gasteiger partial charge in [-0.2, -0.15) is 0 Å². The van der Waals surface area contributed by atoms with Gasteiger partial charge >= 0.3 is 0 Å². The Hall–Kier alpha value is -2.43. The van der Waals surface area contributed by atoms with E-state index in [9.17, 15) is 4.79 Å². The Morgan fingerprint density at radius 1 is 1.20 bits per heavy atom. The number of anilines is 1. The molecule has 0 spiro atoms. The van der Waals surface area contributed by atoms with E-state index in [1.54, 1.807) is 18.5 Å². The van der Waals surface area contributed by atoms with Crippen LogP contribution < -0.4 is 10.6 Å². The maximum absolute atomic E-state index is 11.8. The van der Waals surface area contributed by atoms with Gasteiger partial charge in [0.15, 0.2) is 0 Å². The van der Waals surface area contributed by atoms with Gasteiger partial charge in [0.1, 0.15) is 5.69 Å². The lowest BCUT2D eigenvalue weighted by Crippen LogP contribution is -2.26. The van der Waals surface area contributed by atoms with Gasteiger partial charge in [-0.3, -0.25) is 9.78 Å². The summed E-state index contributed by atoms with van der Waals surface area (Å²) in [6.45, 7) is 0.635. The van der Waals surface area contributed by atoms with Crippen LogP contribution in [0.4, 0.5) is 5.69 Å². The molecule has 1 amide bonds. The molecule has 0 radical (unpaired) electrons. The van der Waals surface area contributed by atoms with E-state index in [0.29, 0.717) is 18.3 Å². The predicted molar refractivity (Wildman–Crippen MR) is 76.3 cm³/mol. The molecule has 2 aromatic heterocycles. The quantitative estimate of drug-likeness (QED) is 0.870. The van der Waals surface area contributed by atoms with Crippen molar-refractivity contribution in [1.82, 2.24) is 15.3 Å². The van der Waals surface area contributed by atoms with Crippen LogP contribution in [0, 0.1) is 0 Å². The number of rotatable bonds is 5. The lowest BCUT2D eigenvalue weighted by Gasteiger charge is -2.06. The first kappa shape index (κ1) is 12.6. The number of hydrogen-bond donors (Lipinski definition) is 2. The summed E-state index contributed by atoms with van der Waals surface area (Å²) in [7, 11) is 0. The topological polar surface area (TPSA) is 66.9 Å². The second-order valence-corrected chi connectivity index (χ2v) is 4.85. The number of carbonyl (C=O) groups is 1. The van der Waals surface area contributed by atoms with Crippen molar-refractivity contribution in [3.8, 4) is 0 Å². The molecule has 2 heterocycles. The fourth-order valence-electron chi connectivity index (χ4n) is 1.82. The van der Waals surface area contributed by atoms with Crippen molar-refractivity contribution >= 4 is 11.6 Å². The molecule has 1 aliphatic rings. The van der Waals surface area contributed by atoms with E-state index in [0.717, 1.165) is 24.2 Å². The summed E-state index contributed by atoms with van der Waals surface area (Å²) in [4.78, 5) is 20.2. The van der Waals surface area contributed by atoms with Crippen molar-refractivity contribution in [1.29, 1.82) is 0 Å². The molecule has 102 valence electrons. The highest BCUT2D eigenvalue weighted by atomic mass is 16.2. The van der Waals surface area contributed by atoms with Gasteiger partial charge in [0.25, 0.3) is 5.91 Å². The SMILES string of the molecule is O=C(NC1CC1)c1ccc(NCc2ccccn2)cn1. The molecule has 1 fully saturated rings. The normalized spacial score (nSPS) is 13.8. The number of nitrogens with zero attached hydrogens (tertiary/aromatic N) is 2. The van der Waals surface area contributed by atoms with Crippen LogP contribution in [0.2, 0.25) is 0 Å². The van der Waals surface area contributed by atoms with E-state index < -0.39 is 0 Å². The first-order chi connectivity index (χ1) is 9.81. The molecule has 20 heavy (non-hydrogen) atoms. The zero-order chi connectivity index (χ0) is 13.8. The number of amides is 1. The largest absolute Gasteiger partial charge is 0.378 e. The van der Waals surface area contributed by atoms with Crippen LogP contribution in [-0.2, 0) is 6.54 Å². The van der Waals surface area contributed by atoms with Crippen molar-refractivity contribution in [2.24, 2.45) is 0 Å². The molecular weight excluding hydrogens is 252 g/mol. The summed E-state index contributed by atoms with van der Waals surface area (Å²) in [5.41, 5.74) is 2.29. The van der Waals surface area contributed by atoms with E-state index in [-0.39, 0.29) is 5.91 Å². The van der Waals surface area contributed by atoms with Crippen LogP contribution >= 0.6 is 0 Å². The molecule has 0 bridgehead atoms. The zero-order valence-corrected chi connectivity index (χ0v) is 11.0. The third-order valence-corrected chi connectivity index (χ3v) is 3.11. The van der Waals surface area contributed by atoms with Gasteiger partial charge in [-0.25, -0.2) is 4.98 Å². The van der Waals surface area contributed by atoms with Crippen molar-refractivity contribution in [2.75, 3.05) is 5.32 Å². The van der Waals surface area contributed by atoms with Crippen LogP contribution in [0.15, 0.2) is 42.7 Å². The Morgan fingerprint density at radius 2 is 2.10 bits per heavy atom. The molecule has 3 rings (SSSR count). The first-order valence-corrected chi connectivity index (χ1v) is 6.72. The second-order valence-electron chi connectivity index (χ2n) is 4.85. The predicted octanol–water partition coefficient (Wildman–Crippen LogP) is 1.98. The Bertz CT molecular complexity index is 579. The molecule has 1 aliphatic carbocycles. The van der Waals surface area contributed by atoms with E-state index in [4.69, 9.17) is 0 Å². The smallest absolute Gasteiger partial charge is 0.270 e. The highest BCUT2D eigenvalue weighted by Crippen LogP contribution is 2.19. The molecule has 0 aliphatic heterocycles. The molecule has 5 nitrogen and oxygen atoms in total. The average Bonchev–Trinajstić information content (AvgIpc) is 3.31. The zero-order valence-electron chi connectivity index (χ0n) is 11.0. The average molecular weight is 268 g/mol. The van der Waals surface area contributed by atoms with E-state index in [1.165, 1.54) is 0 Å². The van der Waals surface area contributed by atoms with Gasteiger partial charge in [-0.05, 0) is 37.1 Å². The van der Waals surface area contributed by atoms with Crippen LogP contribution in [0.1, 0.15) is 29.0 Å². The molecule has 2 aromatic rings. The van der Waals surface area contributed by atoms with Crippen molar-refractivity contribution in [3.63, 3.8) is 0 Å². The van der Waals surface area contributed by atoms with Gasteiger partial charge in [-0.15, -0.1) is 0 Å². The Balaban J connectivity index is 1.56. The molecule has 2 N–H and O–H groups in total. The molecule has 0 saturated heterocycles. The van der Waals surface area contributed by atoms with Crippen LogP contribution in [0.3, 0.4) is 0 Å². The summed E-state index contributed by atoms with van der Waals surface area (Å²) in [5.74, 6) is -0.0937. The molecule has 5 heteroatoms. The van der Waals surface area contributed by atoms with Gasteiger partial charge in [0.05, 0.1) is 24.1 Å². The third kappa shape index (κ3) is 3.32. The second kappa shape index (κ2) is 5.69. The van der Waals surface area contributed by atoms with Crippen molar-refractivity contribution in [3.05, 3.63) is 54.1 Å². The maximum atomic E-state index is 11.8. The number of hydrogen-bond acceptors (Lipinski definition) is 4. The Kier molecular flexibility index (Phi) is 3.58. The van der Waals surface area contributed by atoms with Crippen LogP contribution in [-0.4, -0.2) is 21.9 Å². The molecular formula is C15H16N4O. The van der Waals surface area contributed by atoms with Crippen molar-refractivity contribution < 1.29 is 4.79 Å². The minimum absolute atomic E-state index is 0.0937. The summed E-state index contributed by atoms with van der Waals surface area (Å²) >= 11 is 0. The lowest BCUT2D eigenvalue weighted by molar-refractivity contribution is 0.0946. The van der Waals surface area contributed by atoms with Crippen LogP contribution in [0.5, 0.6) is 0 Å². The molecule has 0 atom stereocenters. The molecule has 0 unspecified atom stereocenters. The van der Waals surface area contributed by atoms with E-state index >= 15 is 0 Å². The standard InChI is InChI=1S/C15H16N4O/c20-15(19-11-4-5-11)14-7-6-13(10-18-14)17-9-12-3-1-2-8-16-12/h1-3,6-8,10-11,17H,4-5,9H2,(H,19,20). The van der Waals surface area contributed by atoms with E-state index in [1.807, 2.05) is 24.3 Å².